The molecule has 0 heterocycles. The molecule has 2 aromatic rings. The second kappa shape index (κ2) is 6.19. The lowest BCUT2D eigenvalue weighted by atomic mass is 10.1. The first-order valence-electron chi connectivity index (χ1n) is 5.70. The van der Waals surface area contributed by atoms with E-state index in [-0.39, 0.29) is 11.5 Å². The van der Waals surface area contributed by atoms with Crippen molar-refractivity contribution in [1.29, 1.82) is 0 Å². The molecule has 2 rings (SSSR count). The van der Waals surface area contributed by atoms with Crippen molar-refractivity contribution in [3.63, 3.8) is 0 Å². The normalized spacial score (nSPS) is 10.3. The second-order valence-electron chi connectivity index (χ2n) is 4.05. The van der Waals surface area contributed by atoms with E-state index < -0.39 is 4.92 Å². The number of nitrogens with zero attached hydrogens (tertiary/aromatic N) is 1. The maximum Gasteiger partial charge on any atom is 0.270 e. The summed E-state index contributed by atoms with van der Waals surface area (Å²) in [5.41, 5.74) is 0.294. The highest BCUT2D eigenvalue weighted by Crippen LogP contribution is 2.33. The molecule has 0 N–H and O–H groups in total. The number of non-ortho nitro benzene ring substituents is 1. The quantitative estimate of drug-likeness (QED) is 0.454. The van der Waals surface area contributed by atoms with Crippen molar-refractivity contribution < 1.29 is 9.72 Å². The van der Waals surface area contributed by atoms with Crippen molar-refractivity contribution in [1.82, 2.24) is 0 Å². The Kier molecular flexibility index (Phi) is 4.57. The van der Waals surface area contributed by atoms with E-state index in [1.807, 2.05) is 24.3 Å². The van der Waals surface area contributed by atoms with E-state index in [4.69, 9.17) is 0 Å². The Morgan fingerprint density at radius 1 is 1.20 bits per heavy atom. The number of carbonyl (C=O) groups excluding carboxylic acids is 1. The molecule has 0 aliphatic carbocycles. The Morgan fingerprint density at radius 3 is 2.40 bits per heavy atom. The van der Waals surface area contributed by atoms with Crippen LogP contribution >= 0.6 is 27.7 Å². The van der Waals surface area contributed by atoms with Crippen molar-refractivity contribution >= 4 is 39.2 Å². The Morgan fingerprint density at radius 2 is 1.85 bits per heavy atom. The van der Waals surface area contributed by atoms with Crippen molar-refractivity contribution in [2.24, 2.45) is 0 Å². The summed E-state index contributed by atoms with van der Waals surface area (Å²) in [6.07, 6.45) is 0. The first kappa shape index (κ1) is 14.7. The van der Waals surface area contributed by atoms with Gasteiger partial charge in [0.1, 0.15) is 0 Å². The molecular weight excluding hydrogens is 342 g/mol. The molecule has 0 atom stereocenters. The zero-order valence-electron chi connectivity index (χ0n) is 10.5. The number of hydrogen-bond donors (Lipinski definition) is 0. The van der Waals surface area contributed by atoms with E-state index in [9.17, 15) is 14.9 Å². The fraction of sp³-hybridized carbons (Fsp3) is 0.0714. The summed E-state index contributed by atoms with van der Waals surface area (Å²) in [6.45, 7) is 1.41. The van der Waals surface area contributed by atoms with Gasteiger partial charge in [-0.25, -0.2) is 0 Å². The van der Waals surface area contributed by atoms with Gasteiger partial charge in [0.2, 0.25) is 0 Å². The van der Waals surface area contributed by atoms with E-state index >= 15 is 0 Å². The van der Waals surface area contributed by atoms with E-state index in [1.165, 1.54) is 30.8 Å². The highest BCUT2D eigenvalue weighted by atomic mass is 79.9. The van der Waals surface area contributed by atoms with E-state index in [0.717, 1.165) is 9.37 Å². The molecule has 0 saturated heterocycles. The number of hydrogen-bond acceptors (Lipinski definition) is 4. The van der Waals surface area contributed by atoms with Gasteiger partial charge in [0.25, 0.3) is 5.69 Å². The first-order chi connectivity index (χ1) is 9.47. The lowest BCUT2D eigenvalue weighted by Crippen LogP contribution is -1.97. The minimum atomic E-state index is -0.499. The van der Waals surface area contributed by atoms with Gasteiger partial charge in [-0.3, -0.25) is 14.9 Å². The van der Waals surface area contributed by atoms with Crippen LogP contribution in [-0.2, 0) is 0 Å². The summed E-state index contributed by atoms with van der Waals surface area (Å²) < 4.78 is 0.970. The molecule has 0 aliphatic rings. The van der Waals surface area contributed by atoms with Crippen molar-refractivity contribution in [2.75, 3.05) is 0 Å². The number of carbonyl (C=O) groups is 1. The molecule has 20 heavy (non-hydrogen) atoms. The van der Waals surface area contributed by atoms with Crippen LogP contribution in [0.2, 0.25) is 0 Å². The summed E-state index contributed by atoms with van der Waals surface area (Å²) in [7, 11) is 0. The number of Topliss-reactive ketones (excluding diaryl/α,β-unsaturated/α-hetero) is 1. The summed E-state index contributed by atoms with van der Waals surface area (Å²) >= 11 is 4.76. The summed E-state index contributed by atoms with van der Waals surface area (Å²) in [6, 6.07) is 12.0. The van der Waals surface area contributed by atoms with Gasteiger partial charge in [0.05, 0.1) is 4.92 Å². The lowest BCUT2D eigenvalue weighted by Gasteiger charge is -2.06. The van der Waals surface area contributed by atoms with Crippen LogP contribution in [0.3, 0.4) is 0 Å². The van der Waals surface area contributed by atoms with Crippen LogP contribution in [0.15, 0.2) is 56.7 Å². The summed E-state index contributed by atoms with van der Waals surface area (Å²) in [5, 5.41) is 10.8. The number of benzene rings is 2. The van der Waals surface area contributed by atoms with Crippen LogP contribution in [0.25, 0.3) is 0 Å². The van der Waals surface area contributed by atoms with Crippen LogP contribution < -0.4 is 0 Å². The van der Waals surface area contributed by atoms with Gasteiger partial charge in [-0.05, 0) is 37.3 Å². The highest BCUT2D eigenvalue weighted by Gasteiger charge is 2.14. The molecule has 6 heteroatoms. The van der Waals surface area contributed by atoms with Gasteiger partial charge in [0, 0.05) is 32.0 Å². The van der Waals surface area contributed by atoms with Crippen molar-refractivity contribution in [3.8, 4) is 0 Å². The number of rotatable bonds is 4. The molecule has 2 aromatic carbocycles. The Balaban J connectivity index is 2.38. The van der Waals surface area contributed by atoms with E-state index in [0.29, 0.717) is 10.5 Å². The third-order valence-corrected chi connectivity index (χ3v) is 4.21. The van der Waals surface area contributed by atoms with Gasteiger partial charge in [-0.15, -0.1) is 0 Å². The van der Waals surface area contributed by atoms with Crippen LogP contribution in [0.4, 0.5) is 5.69 Å². The van der Waals surface area contributed by atoms with E-state index in [1.54, 1.807) is 6.07 Å². The molecular formula is C14H10BrNO3S. The predicted octanol–water partition coefficient (Wildman–Crippen LogP) is 4.71. The predicted molar refractivity (Wildman–Crippen MR) is 81.4 cm³/mol. The van der Waals surface area contributed by atoms with Crippen molar-refractivity contribution in [3.05, 3.63) is 62.6 Å². The minimum Gasteiger partial charge on any atom is -0.294 e. The number of nitro benzene ring substituents is 1. The molecule has 0 aliphatic heterocycles. The SMILES string of the molecule is CC(=O)c1cc([N+](=O)[O-])ccc1Sc1ccc(Br)cc1. The summed E-state index contributed by atoms with van der Waals surface area (Å²) in [5.74, 6) is -0.187. The van der Waals surface area contributed by atoms with Crippen LogP contribution in [-0.4, -0.2) is 10.7 Å². The smallest absolute Gasteiger partial charge is 0.270 e. The average molecular weight is 352 g/mol. The molecule has 0 fully saturated rings. The van der Waals surface area contributed by atoms with Gasteiger partial charge in [-0.1, -0.05) is 27.7 Å². The van der Waals surface area contributed by atoms with Gasteiger partial charge >= 0.3 is 0 Å². The Hall–Kier alpha value is -1.66. The monoisotopic (exact) mass is 351 g/mol. The van der Waals surface area contributed by atoms with Crippen LogP contribution in [0.5, 0.6) is 0 Å². The average Bonchev–Trinajstić information content (AvgIpc) is 2.41. The fourth-order valence-corrected chi connectivity index (χ4v) is 2.86. The number of nitro groups is 1. The van der Waals surface area contributed by atoms with Crippen LogP contribution in [0.1, 0.15) is 17.3 Å². The van der Waals surface area contributed by atoms with Gasteiger partial charge in [0.15, 0.2) is 5.78 Å². The standard InChI is InChI=1S/C14H10BrNO3S/c1-9(17)13-8-11(16(18)19)4-7-14(13)20-12-5-2-10(15)3-6-12/h2-8H,1H3. The van der Waals surface area contributed by atoms with Crippen molar-refractivity contribution in [2.45, 2.75) is 16.7 Å². The molecule has 4 nitrogen and oxygen atoms in total. The number of halogens is 1. The fourth-order valence-electron chi connectivity index (χ4n) is 1.63. The summed E-state index contributed by atoms with van der Waals surface area (Å²) in [4.78, 5) is 23.6. The molecule has 0 spiro atoms. The zero-order valence-corrected chi connectivity index (χ0v) is 12.9. The molecule has 102 valence electrons. The second-order valence-corrected chi connectivity index (χ2v) is 6.08. The molecule has 0 bridgehead atoms. The molecule has 0 radical (unpaired) electrons. The highest BCUT2D eigenvalue weighted by molar-refractivity contribution is 9.10. The Labute approximate surface area is 128 Å². The lowest BCUT2D eigenvalue weighted by molar-refractivity contribution is -0.384. The first-order valence-corrected chi connectivity index (χ1v) is 7.31. The van der Waals surface area contributed by atoms with Gasteiger partial charge in [-0.2, -0.15) is 0 Å². The Bertz CT molecular complexity index is 671. The number of ketones is 1. The van der Waals surface area contributed by atoms with Gasteiger partial charge < -0.3 is 0 Å². The maximum atomic E-state index is 11.6. The van der Waals surface area contributed by atoms with Crippen LogP contribution in [0, 0.1) is 10.1 Å². The topological polar surface area (TPSA) is 60.2 Å². The zero-order chi connectivity index (χ0) is 14.7. The molecule has 0 aromatic heterocycles. The molecule has 0 amide bonds. The third kappa shape index (κ3) is 3.46. The van der Waals surface area contributed by atoms with E-state index in [2.05, 4.69) is 15.9 Å². The molecule has 0 unspecified atom stereocenters. The third-order valence-electron chi connectivity index (χ3n) is 2.59. The minimum absolute atomic E-state index is 0.0737. The maximum absolute atomic E-state index is 11.6. The largest absolute Gasteiger partial charge is 0.294 e. The molecule has 0 saturated carbocycles.